The van der Waals surface area contributed by atoms with Crippen molar-refractivity contribution in [3.63, 3.8) is 0 Å². The van der Waals surface area contributed by atoms with Crippen LogP contribution in [-0.4, -0.2) is 84.8 Å². The topological polar surface area (TPSA) is 62.3 Å². The lowest BCUT2D eigenvalue weighted by Gasteiger charge is -2.44. The van der Waals surface area contributed by atoms with Crippen LogP contribution in [-0.2, 0) is 14.3 Å². The molecule has 1 spiro atoms. The van der Waals surface area contributed by atoms with E-state index < -0.39 is 0 Å². The van der Waals surface area contributed by atoms with Crippen molar-refractivity contribution in [3.05, 3.63) is 23.9 Å². The van der Waals surface area contributed by atoms with E-state index in [-0.39, 0.29) is 23.5 Å². The van der Waals surface area contributed by atoms with Crippen molar-refractivity contribution in [2.45, 2.75) is 64.5 Å². The quantitative estimate of drug-likeness (QED) is 0.684. The molecule has 0 N–H and O–H groups in total. The van der Waals surface area contributed by atoms with Gasteiger partial charge in [-0.05, 0) is 64.0 Å². The molecule has 4 aliphatic heterocycles. The number of hydrogen-bond donors (Lipinski definition) is 0. The molecule has 0 saturated carbocycles. The van der Waals surface area contributed by atoms with Gasteiger partial charge in [0.25, 0.3) is 0 Å². The van der Waals surface area contributed by atoms with Crippen molar-refractivity contribution < 1.29 is 19.1 Å². The average molecular weight is 432 g/mol. The number of nitrogens with zero attached hydrogens (tertiary/aromatic N) is 3. The van der Waals surface area contributed by atoms with Crippen LogP contribution in [0.25, 0.3) is 0 Å². The second-order valence-corrected chi connectivity index (χ2v) is 9.27. The highest BCUT2D eigenvalue weighted by atomic mass is 16.6. The lowest BCUT2D eigenvalue weighted by Crippen LogP contribution is -2.53. The number of carbonyl (C=O) groups excluding carboxylic acids is 2. The first-order chi connectivity index (χ1) is 15.0. The zero-order valence-electron chi connectivity index (χ0n) is 19.1. The van der Waals surface area contributed by atoms with E-state index in [4.69, 9.17) is 9.47 Å². The Morgan fingerprint density at radius 3 is 2.32 bits per heavy atom. The highest BCUT2D eigenvalue weighted by molar-refractivity contribution is 5.92. The van der Waals surface area contributed by atoms with E-state index in [0.29, 0.717) is 25.9 Å². The molecule has 0 bridgehead atoms. The number of piperidine rings is 2. The van der Waals surface area contributed by atoms with Crippen LogP contribution in [0.4, 0.5) is 4.79 Å². The van der Waals surface area contributed by atoms with Crippen molar-refractivity contribution in [3.8, 4) is 0 Å². The number of allylic oxidation sites excluding steroid dienone is 1. The van der Waals surface area contributed by atoms with Gasteiger partial charge < -0.3 is 24.2 Å². The van der Waals surface area contributed by atoms with Crippen molar-refractivity contribution >= 4 is 12.0 Å². The van der Waals surface area contributed by atoms with E-state index in [1.165, 1.54) is 5.57 Å². The summed E-state index contributed by atoms with van der Waals surface area (Å²) in [4.78, 5) is 32.0. The number of rotatable bonds is 4. The van der Waals surface area contributed by atoms with E-state index in [2.05, 4.69) is 23.3 Å². The van der Waals surface area contributed by atoms with Crippen LogP contribution in [0.3, 0.4) is 0 Å². The Morgan fingerprint density at radius 1 is 1.13 bits per heavy atom. The van der Waals surface area contributed by atoms with Crippen molar-refractivity contribution in [1.82, 2.24) is 14.7 Å². The van der Waals surface area contributed by atoms with Crippen LogP contribution in [0, 0.1) is 5.41 Å². The lowest BCUT2D eigenvalue weighted by atomic mass is 9.75. The van der Waals surface area contributed by atoms with Crippen LogP contribution in [0.15, 0.2) is 23.9 Å². The molecule has 0 radical (unpaired) electrons. The third-order valence-corrected chi connectivity index (χ3v) is 7.90. The van der Waals surface area contributed by atoms with Gasteiger partial charge in [-0.2, -0.15) is 0 Å². The molecule has 0 aromatic rings. The molecule has 0 atom stereocenters. The molecule has 4 rings (SSSR count). The van der Waals surface area contributed by atoms with Crippen LogP contribution >= 0.6 is 0 Å². The summed E-state index contributed by atoms with van der Waals surface area (Å²) in [5.74, 6) is 0.268. The second-order valence-electron chi connectivity index (χ2n) is 9.27. The second kappa shape index (κ2) is 9.33. The minimum Gasteiger partial charge on any atom is -0.450 e. The molecule has 0 aromatic heterocycles. The molecule has 0 aliphatic carbocycles. The first-order valence-corrected chi connectivity index (χ1v) is 11.9. The van der Waals surface area contributed by atoms with Crippen molar-refractivity contribution in [2.24, 2.45) is 5.41 Å². The fourth-order valence-electron chi connectivity index (χ4n) is 5.99. The van der Waals surface area contributed by atoms with Gasteiger partial charge in [0.05, 0.1) is 12.0 Å². The third-order valence-electron chi connectivity index (χ3n) is 7.90. The van der Waals surface area contributed by atoms with Gasteiger partial charge in [0.2, 0.25) is 5.91 Å². The lowest BCUT2D eigenvalue weighted by molar-refractivity contribution is -0.142. The molecule has 172 valence electrons. The summed E-state index contributed by atoms with van der Waals surface area (Å²) in [7, 11) is 0. The molecule has 7 heteroatoms. The Kier molecular flexibility index (Phi) is 6.72. The SMILES string of the molecule is C=CC1=C(C)C2(CCOCC2)C(=O)N1C1CCN(C2CCN(C(=O)OCC)CC2)CC1. The van der Waals surface area contributed by atoms with Gasteiger partial charge in [0.15, 0.2) is 0 Å². The Morgan fingerprint density at radius 2 is 1.74 bits per heavy atom. The van der Waals surface area contributed by atoms with Gasteiger partial charge in [-0.15, -0.1) is 0 Å². The van der Waals surface area contributed by atoms with Gasteiger partial charge in [-0.3, -0.25) is 4.79 Å². The highest BCUT2D eigenvalue weighted by Crippen LogP contribution is 2.48. The molecule has 2 amide bonds. The maximum Gasteiger partial charge on any atom is 0.409 e. The molecule has 4 aliphatic rings. The largest absolute Gasteiger partial charge is 0.450 e. The van der Waals surface area contributed by atoms with Gasteiger partial charge in [0.1, 0.15) is 0 Å². The fraction of sp³-hybridized carbons (Fsp3) is 0.750. The van der Waals surface area contributed by atoms with Gasteiger partial charge in [-0.1, -0.05) is 6.58 Å². The third kappa shape index (κ3) is 4.02. The predicted octanol–water partition coefficient (Wildman–Crippen LogP) is 3.17. The summed E-state index contributed by atoms with van der Waals surface area (Å²) in [5.41, 5.74) is 1.84. The molecule has 3 saturated heterocycles. The minimum atomic E-state index is -0.376. The fourth-order valence-corrected chi connectivity index (χ4v) is 5.99. The Balaban J connectivity index is 1.35. The zero-order valence-corrected chi connectivity index (χ0v) is 19.1. The molecular formula is C24H37N3O4. The summed E-state index contributed by atoms with van der Waals surface area (Å²) >= 11 is 0. The maximum atomic E-state index is 13.6. The van der Waals surface area contributed by atoms with Crippen molar-refractivity contribution in [1.29, 1.82) is 0 Å². The van der Waals surface area contributed by atoms with Gasteiger partial charge >= 0.3 is 6.09 Å². The zero-order chi connectivity index (χ0) is 22.0. The summed E-state index contributed by atoms with van der Waals surface area (Å²) in [6.45, 7) is 13.3. The van der Waals surface area contributed by atoms with E-state index in [1.807, 2.05) is 17.9 Å². The number of likely N-dealkylation sites (tertiary alicyclic amines) is 2. The predicted molar refractivity (Wildman–Crippen MR) is 118 cm³/mol. The Hall–Kier alpha value is -1.86. The molecule has 4 heterocycles. The summed E-state index contributed by atoms with van der Waals surface area (Å²) in [5, 5.41) is 0. The van der Waals surface area contributed by atoms with Gasteiger partial charge in [0, 0.05) is 57.2 Å². The summed E-state index contributed by atoms with van der Waals surface area (Å²) in [6, 6.07) is 0.757. The van der Waals surface area contributed by atoms with E-state index in [0.717, 1.165) is 70.4 Å². The van der Waals surface area contributed by atoms with Crippen LogP contribution in [0.1, 0.15) is 52.4 Å². The van der Waals surface area contributed by atoms with E-state index in [1.54, 1.807) is 0 Å². The molecule has 7 nitrogen and oxygen atoms in total. The first kappa shape index (κ1) is 22.3. The highest BCUT2D eigenvalue weighted by Gasteiger charge is 2.52. The Bertz CT molecular complexity index is 727. The molecule has 3 fully saturated rings. The average Bonchev–Trinajstić information content (AvgIpc) is 3.01. The van der Waals surface area contributed by atoms with Crippen LogP contribution in [0.5, 0.6) is 0 Å². The van der Waals surface area contributed by atoms with E-state index >= 15 is 0 Å². The van der Waals surface area contributed by atoms with Crippen molar-refractivity contribution in [2.75, 3.05) is 46.0 Å². The number of amides is 2. The summed E-state index contributed by atoms with van der Waals surface area (Å²) < 4.78 is 10.7. The number of carbonyl (C=O) groups is 2. The number of ether oxygens (including phenoxy) is 2. The molecular weight excluding hydrogens is 394 g/mol. The standard InChI is InChI=1S/C24H37N3O4/c1-4-21-18(3)24(10-16-30-17-11-24)22(28)27(21)20-8-12-25(13-9-20)19-6-14-26(15-7-19)23(29)31-5-2/h4,19-20H,1,5-17H2,2-3H3. The normalized spacial score (nSPS) is 26.1. The van der Waals surface area contributed by atoms with Crippen LogP contribution < -0.4 is 0 Å². The Labute approximate surface area is 186 Å². The smallest absolute Gasteiger partial charge is 0.409 e. The minimum absolute atomic E-state index is 0.187. The monoisotopic (exact) mass is 431 g/mol. The maximum absolute atomic E-state index is 13.6. The first-order valence-electron chi connectivity index (χ1n) is 11.9. The van der Waals surface area contributed by atoms with Gasteiger partial charge in [-0.25, -0.2) is 4.79 Å². The summed E-state index contributed by atoms with van der Waals surface area (Å²) in [6.07, 6.45) is 7.22. The molecule has 0 unspecified atom stereocenters. The number of hydrogen-bond acceptors (Lipinski definition) is 5. The van der Waals surface area contributed by atoms with Crippen LogP contribution in [0.2, 0.25) is 0 Å². The molecule has 0 aromatic carbocycles. The van der Waals surface area contributed by atoms with E-state index in [9.17, 15) is 9.59 Å². The molecule has 31 heavy (non-hydrogen) atoms.